The number of thioether (sulfide) groups is 1. The second-order valence-corrected chi connectivity index (χ2v) is 9.79. The first-order valence-electron chi connectivity index (χ1n) is 10.1. The predicted molar refractivity (Wildman–Crippen MR) is 121 cm³/mol. The molecule has 7 heteroatoms. The largest absolute Gasteiger partial charge is 0.342 e. The minimum absolute atomic E-state index is 0.0645. The molecular formula is C22H25N3O2S2. The average Bonchev–Trinajstić information content (AvgIpc) is 2.98. The Morgan fingerprint density at radius 3 is 2.52 bits per heavy atom. The van der Waals surface area contributed by atoms with Crippen LogP contribution in [0.2, 0.25) is 0 Å². The monoisotopic (exact) mass is 427 g/mol. The highest BCUT2D eigenvalue weighted by molar-refractivity contribution is 8.00. The van der Waals surface area contributed by atoms with Gasteiger partial charge in [-0.15, -0.1) is 11.3 Å². The summed E-state index contributed by atoms with van der Waals surface area (Å²) in [7, 11) is 1.74. The van der Waals surface area contributed by atoms with E-state index in [1.54, 1.807) is 11.6 Å². The molecule has 1 amide bonds. The van der Waals surface area contributed by atoms with E-state index in [0.717, 1.165) is 41.2 Å². The van der Waals surface area contributed by atoms with E-state index >= 15 is 0 Å². The maximum Gasteiger partial charge on any atom is 0.262 e. The van der Waals surface area contributed by atoms with Crippen LogP contribution in [-0.4, -0.2) is 38.7 Å². The van der Waals surface area contributed by atoms with Crippen molar-refractivity contribution in [2.24, 2.45) is 7.05 Å². The van der Waals surface area contributed by atoms with Crippen LogP contribution in [0, 0.1) is 0 Å². The first-order valence-corrected chi connectivity index (χ1v) is 11.8. The van der Waals surface area contributed by atoms with Crippen LogP contribution in [0.3, 0.4) is 0 Å². The zero-order valence-electron chi connectivity index (χ0n) is 16.8. The lowest BCUT2D eigenvalue weighted by Crippen LogP contribution is -2.37. The number of hydrogen-bond donors (Lipinski definition) is 0. The van der Waals surface area contributed by atoms with E-state index in [1.165, 1.54) is 35.9 Å². The fourth-order valence-corrected chi connectivity index (χ4v) is 5.69. The summed E-state index contributed by atoms with van der Waals surface area (Å²) in [6, 6.07) is 11.9. The van der Waals surface area contributed by atoms with Crippen LogP contribution in [0.1, 0.15) is 32.6 Å². The van der Waals surface area contributed by atoms with Crippen molar-refractivity contribution in [2.45, 2.75) is 43.0 Å². The highest BCUT2D eigenvalue weighted by Crippen LogP contribution is 2.32. The Hall–Kier alpha value is -2.12. The molecule has 5 nitrogen and oxygen atoms in total. The third-order valence-electron chi connectivity index (χ3n) is 5.34. The molecular weight excluding hydrogens is 402 g/mol. The van der Waals surface area contributed by atoms with E-state index in [9.17, 15) is 9.59 Å². The van der Waals surface area contributed by atoms with Gasteiger partial charge < -0.3 is 4.90 Å². The van der Waals surface area contributed by atoms with E-state index in [4.69, 9.17) is 4.98 Å². The van der Waals surface area contributed by atoms with Gasteiger partial charge in [-0.25, -0.2) is 4.98 Å². The predicted octanol–water partition coefficient (Wildman–Crippen LogP) is 4.55. The molecule has 29 heavy (non-hydrogen) atoms. The van der Waals surface area contributed by atoms with Crippen molar-refractivity contribution in [3.05, 3.63) is 46.8 Å². The van der Waals surface area contributed by atoms with Crippen LogP contribution in [0.15, 0.2) is 46.3 Å². The Morgan fingerprint density at radius 2 is 1.83 bits per heavy atom. The topological polar surface area (TPSA) is 55.2 Å². The molecule has 0 bridgehead atoms. The molecule has 0 N–H and O–H groups in total. The molecule has 0 saturated carbocycles. The summed E-state index contributed by atoms with van der Waals surface area (Å²) in [6.45, 7) is 3.58. The van der Waals surface area contributed by atoms with E-state index in [1.807, 2.05) is 48.2 Å². The number of thiophene rings is 1. The summed E-state index contributed by atoms with van der Waals surface area (Å²) in [5, 5.41) is 0.962. The van der Waals surface area contributed by atoms with Crippen molar-refractivity contribution in [3.8, 4) is 10.4 Å². The smallest absolute Gasteiger partial charge is 0.262 e. The van der Waals surface area contributed by atoms with Crippen LogP contribution in [-0.2, 0) is 11.8 Å². The maximum absolute atomic E-state index is 12.9. The molecule has 1 aromatic carbocycles. The Bertz CT molecular complexity index is 1070. The van der Waals surface area contributed by atoms with E-state index in [-0.39, 0.29) is 16.7 Å². The summed E-state index contributed by atoms with van der Waals surface area (Å²) in [5.41, 5.74) is 1.02. The van der Waals surface area contributed by atoms with E-state index in [0.29, 0.717) is 10.5 Å². The van der Waals surface area contributed by atoms with Crippen molar-refractivity contribution in [1.29, 1.82) is 0 Å². The second-order valence-electron chi connectivity index (χ2n) is 7.45. The maximum atomic E-state index is 12.9. The van der Waals surface area contributed by atoms with Crippen molar-refractivity contribution in [1.82, 2.24) is 14.5 Å². The van der Waals surface area contributed by atoms with E-state index in [2.05, 4.69) is 0 Å². The van der Waals surface area contributed by atoms with Crippen molar-refractivity contribution < 1.29 is 4.79 Å². The van der Waals surface area contributed by atoms with Gasteiger partial charge in [0.05, 0.1) is 10.6 Å². The SMILES string of the molecule is CC(Sc1nc2sc(-c3ccccc3)cc2c(=O)n1C)C(=O)N1CCCCCC1. The normalized spacial score (nSPS) is 16.0. The van der Waals surface area contributed by atoms with Gasteiger partial charge in [0.2, 0.25) is 5.91 Å². The molecule has 3 aromatic rings. The molecule has 3 heterocycles. The molecule has 152 valence electrons. The standard InChI is InChI=1S/C22H25N3O2S2/c1-15(20(26)25-12-8-3-4-9-13-25)28-22-23-19-17(21(27)24(22)2)14-18(29-19)16-10-6-5-7-11-16/h5-7,10-11,14-15H,3-4,8-9,12-13H2,1-2H3. The first kappa shape index (κ1) is 20.2. The Labute approximate surface area is 178 Å². The Kier molecular flexibility index (Phi) is 6.06. The average molecular weight is 428 g/mol. The Morgan fingerprint density at radius 1 is 1.14 bits per heavy atom. The highest BCUT2D eigenvalue weighted by Gasteiger charge is 2.24. The number of amides is 1. The minimum Gasteiger partial charge on any atom is -0.342 e. The van der Waals surface area contributed by atoms with Crippen LogP contribution in [0.5, 0.6) is 0 Å². The fourth-order valence-electron chi connectivity index (χ4n) is 3.65. The van der Waals surface area contributed by atoms with Crippen LogP contribution in [0.4, 0.5) is 0 Å². The first-order chi connectivity index (χ1) is 14.0. The summed E-state index contributed by atoms with van der Waals surface area (Å²) in [6.07, 6.45) is 4.53. The van der Waals surface area contributed by atoms with Crippen molar-refractivity contribution in [2.75, 3.05) is 13.1 Å². The number of fused-ring (bicyclic) bond motifs is 1. The van der Waals surface area contributed by atoms with Gasteiger partial charge in [0.15, 0.2) is 5.16 Å². The fraction of sp³-hybridized carbons (Fsp3) is 0.409. The molecule has 1 aliphatic rings. The number of aromatic nitrogens is 2. The molecule has 0 radical (unpaired) electrons. The number of nitrogens with zero attached hydrogens (tertiary/aromatic N) is 3. The summed E-state index contributed by atoms with van der Waals surface area (Å²) in [5.74, 6) is 0.141. The quantitative estimate of drug-likeness (QED) is 0.453. The van der Waals surface area contributed by atoms with Gasteiger partial charge in [-0.05, 0) is 31.4 Å². The lowest BCUT2D eigenvalue weighted by atomic mass is 10.2. The number of carbonyl (C=O) groups excluding carboxylic acids is 1. The van der Waals surface area contributed by atoms with Gasteiger partial charge in [-0.1, -0.05) is 54.9 Å². The molecule has 1 saturated heterocycles. The number of hydrogen-bond acceptors (Lipinski definition) is 5. The van der Waals surface area contributed by atoms with Crippen molar-refractivity contribution in [3.63, 3.8) is 0 Å². The van der Waals surface area contributed by atoms with Crippen molar-refractivity contribution >= 4 is 39.2 Å². The lowest BCUT2D eigenvalue weighted by molar-refractivity contribution is -0.130. The molecule has 1 atom stereocenters. The van der Waals surface area contributed by atoms with Crippen LogP contribution in [0.25, 0.3) is 20.7 Å². The number of rotatable bonds is 4. The molecule has 1 unspecified atom stereocenters. The third kappa shape index (κ3) is 4.26. The summed E-state index contributed by atoms with van der Waals surface area (Å²) >= 11 is 2.90. The van der Waals surface area contributed by atoms with Gasteiger partial charge in [-0.2, -0.15) is 0 Å². The van der Waals surface area contributed by atoms with Crippen LogP contribution < -0.4 is 5.56 Å². The van der Waals surface area contributed by atoms with Crippen LogP contribution >= 0.6 is 23.1 Å². The molecule has 4 rings (SSSR count). The van der Waals surface area contributed by atoms with Gasteiger partial charge in [0.1, 0.15) is 4.83 Å². The second kappa shape index (κ2) is 8.71. The number of likely N-dealkylation sites (tertiary alicyclic amines) is 1. The van der Waals surface area contributed by atoms with Gasteiger partial charge in [-0.3, -0.25) is 14.2 Å². The molecule has 0 spiro atoms. The molecule has 0 aliphatic carbocycles. The summed E-state index contributed by atoms with van der Waals surface area (Å²) < 4.78 is 1.57. The minimum atomic E-state index is -0.266. The third-order valence-corrected chi connectivity index (χ3v) is 7.55. The summed E-state index contributed by atoms with van der Waals surface area (Å²) in [4.78, 5) is 34.3. The number of carbonyl (C=O) groups is 1. The molecule has 1 fully saturated rings. The number of benzene rings is 1. The van der Waals surface area contributed by atoms with Gasteiger partial charge in [0, 0.05) is 25.0 Å². The zero-order chi connectivity index (χ0) is 20.4. The molecule has 2 aromatic heterocycles. The van der Waals surface area contributed by atoms with Gasteiger partial charge in [0.25, 0.3) is 5.56 Å². The van der Waals surface area contributed by atoms with Gasteiger partial charge >= 0.3 is 0 Å². The zero-order valence-corrected chi connectivity index (χ0v) is 18.4. The lowest BCUT2D eigenvalue weighted by Gasteiger charge is -2.23. The highest BCUT2D eigenvalue weighted by atomic mass is 32.2. The van der Waals surface area contributed by atoms with E-state index < -0.39 is 0 Å². The molecule has 1 aliphatic heterocycles. The Balaban J connectivity index is 1.61.